The Labute approximate surface area is 166 Å². The first-order chi connectivity index (χ1) is 13.9. The molecule has 0 bridgehead atoms. The van der Waals surface area contributed by atoms with Crippen molar-refractivity contribution < 1.29 is 19.8 Å². The van der Waals surface area contributed by atoms with E-state index >= 15 is 0 Å². The van der Waals surface area contributed by atoms with Crippen LogP contribution in [0.25, 0.3) is 11.1 Å². The predicted molar refractivity (Wildman–Crippen MR) is 108 cm³/mol. The maximum Gasteiger partial charge on any atom is 0.322 e. The van der Waals surface area contributed by atoms with Crippen LogP contribution in [0, 0.1) is 6.92 Å². The van der Waals surface area contributed by atoms with Gasteiger partial charge in [0.1, 0.15) is 17.9 Å². The number of rotatable bonds is 6. The molecule has 0 saturated heterocycles. The number of amides is 1. The van der Waals surface area contributed by atoms with Gasteiger partial charge in [-0.1, -0.05) is 60.7 Å². The van der Waals surface area contributed by atoms with Gasteiger partial charge in [0.05, 0.1) is 6.54 Å². The summed E-state index contributed by atoms with van der Waals surface area (Å²) in [5.74, 6) is -2.65. The molecule has 0 aliphatic rings. The molecule has 1 amide bonds. The van der Waals surface area contributed by atoms with Gasteiger partial charge in [-0.2, -0.15) is 0 Å². The second-order valence-corrected chi connectivity index (χ2v) is 6.50. The number of carboxylic acids is 1. The van der Waals surface area contributed by atoms with Crippen LogP contribution in [0.4, 0.5) is 0 Å². The Hall–Kier alpha value is -3.87. The quantitative estimate of drug-likeness (QED) is 0.597. The second-order valence-electron chi connectivity index (χ2n) is 6.50. The number of aromatic nitrogens is 1. The van der Waals surface area contributed by atoms with Crippen molar-refractivity contribution in [3.8, 4) is 16.9 Å². The molecule has 2 aromatic carbocycles. The largest absolute Gasteiger partial charge is 0.506 e. The van der Waals surface area contributed by atoms with Gasteiger partial charge in [-0.3, -0.25) is 14.4 Å². The number of nitrogens with one attached hydrogen (secondary N) is 1. The van der Waals surface area contributed by atoms with Crippen molar-refractivity contribution in [2.75, 3.05) is 6.54 Å². The van der Waals surface area contributed by atoms with E-state index in [2.05, 4.69) is 5.32 Å². The van der Waals surface area contributed by atoms with Crippen molar-refractivity contribution in [1.29, 1.82) is 0 Å². The Bertz CT molecular complexity index is 1110. The molecule has 3 N–H and O–H groups in total. The Morgan fingerprint density at radius 1 is 1.00 bits per heavy atom. The fourth-order valence-corrected chi connectivity index (χ4v) is 3.18. The summed E-state index contributed by atoms with van der Waals surface area (Å²) in [5, 5.41) is 21.8. The van der Waals surface area contributed by atoms with Gasteiger partial charge in [0.25, 0.3) is 11.5 Å². The molecule has 1 aromatic heterocycles. The zero-order valence-corrected chi connectivity index (χ0v) is 15.8. The van der Waals surface area contributed by atoms with Crippen LogP contribution >= 0.6 is 0 Å². The van der Waals surface area contributed by atoms with Crippen molar-refractivity contribution in [2.45, 2.75) is 13.5 Å². The number of pyridine rings is 1. The minimum absolute atomic E-state index is 0.199. The molecule has 29 heavy (non-hydrogen) atoms. The van der Waals surface area contributed by atoms with Crippen molar-refractivity contribution in [2.24, 2.45) is 0 Å². The van der Waals surface area contributed by atoms with Crippen molar-refractivity contribution in [3.05, 3.63) is 87.8 Å². The van der Waals surface area contributed by atoms with E-state index in [1.165, 1.54) is 4.57 Å². The molecule has 0 spiro atoms. The van der Waals surface area contributed by atoms with Gasteiger partial charge >= 0.3 is 5.97 Å². The normalized spacial score (nSPS) is 10.5. The molecule has 7 nitrogen and oxygen atoms in total. The van der Waals surface area contributed by atoms with Crippen molar-refractivity contribution in [3.63, 3.8) is 0 Å². The van der Waals surface area contributed by atoms with Crippen molar-refractivity contribution >= 4 is 11.9 Å². The lowest BCUT2D eigenvalue weighted by Crippen LogP contribution is -2.36. The topological polar surface area (TPSA) is 109 Å². The van der Waals surface area contributed by atoms with Crippen LogP contribution in [0.5, 0.6) is 5.75 Å². The van der Waals surface area contributed by atoms with E-state index in [1.807, 2.05) is 36.4 Å². The van der Waals surface area contributed by atoms with Gasteiger partial charge in [0.2, 0.25) is 0 Å². The molecule has 3 aromatic rings. The lowest BCUT2D eigenvalue weighted by atomic mass is 9.99. The standard InChI is InChI=1S/C22H20N2O5/c1-14-18(16-10-6-3-7-11-16)20(27)19(21(28)23-12-17(25)26)22(29)24(14)13-15-8-4-2-5-9-15/h2-11,27H,12-13H2,1H3,(H,23,28)(H,25,26). The molecule has 0 aliphatic heterocycles. The molecular weight excluding hydrogens is 372 g/mol. The highest BCUT2D eigenvalue weighted by Gasteiger charge is 2.25. The van der Waals surface area contributed by atoms with Crippen LogP contribution in [-0.4, -0.2) is 33.2 Å². The van der Waals surface area contributed by atoms with Crippen molar-refractivity contribution in [1.82, 2.24) is 9.88 Å². The summed E-state index contributed by atoms with van der Waals surface area (Å²) in [6.07, 6.45) is 0. The van der Waals surface area contributed by atoms with Crippen LogP contribution in [0.1, 0.15) is 21.6 Å². The number of benzene rings is 2. The molecule has 148 valence electrons. The van der Waals surface area contributed by atoms with Gasteiger partial charge in [0.15, 0.2) is 0 Å². The van der Waals surface area contributed by atoms with E-state index in [-0.39, 0.29) is 6.54 Å². The van der Waals surface area contributed by atoms with Crippen LogP contribution < -0.4 is 10.9 Å². The smallest absolute Gasteiger partial charge is 0.322 e. The van der Waals surface area contributed by atoms with Crippen LogP contribution in [-0.2, 0) is 11.3 Å². The van der Waals surface area contributed by atoms with E-state index in [0.717, 1.165) is 5.56 Å². The van der Waals surface area contributed by atoms with E-state index in [4.69, 9.17) is 5.11 Å². The van der Waals surface area contributed by atoms with E-state index in [0.29, 0.717) is 16.8 Å². The van der Waals surface area contributed by atoms with Gasteiger partial charge in [0, 0.05) is 11.3 Å². The summed E-state index contributed by atoms with van der Waals surface area (Å²) in [7, 11) is 0. The summed E-state index contributed by atoms with van der Waals surface area (Å²) in [5.41, 5.74) is 1.16. The highest BCUT2D eigenvalue weighted by atomic mass is 16.4. The number of hydrogen-bond donors (Lipinski definition) is 3. The Balaban J connectivity index is 2.22. The summed E-state index contributed by atoms with van der Waals surface area (Å²) >= 11 is 0. The highest BCUT2D eigenvalue weighted by Crippen LogP contribution is 2.33. The molecule has 0 unspecified atom stereocenters. The number of aromatic hydroxyl groups is 1. The van der Waals surface area contributed by atoms with E-state index < -0.39 is 35.3 Å². The summed E-state index contributed by atoms with van der Waals surface area (Å²) in [6.45, 7) is 1.24. The molecule has 0 radical (unpaired) electrons. The Morgan fingerprint density at radius 3 is 2.17 bits per heavy atom. The SMILES string of the molecule is Cc1c(-c2ccccc2)c(O)c(C(=O)NCC(=O)O)c(=O)n1Cc1ccccc1. The average molecular weight is 392 g/mol. The number of hydrogen-bond acceptors (Lipinski definition) is 4. The monoisotopic (exact) mass is 392 g/mol. The highest BCUT2D eigenvalue weighted by molar-refractivity contribution is 6.00. The summed E-state index contributed by atoms with van der Waals surface area (Å²) in [6, 6.07) is 18.2. The summed E-state index contributed by atoms with van der Waals surface area (Å²) in [4.78, 5) is 36.4. The number of carbonyl (C=O) groups excluding carboxylic acids is 1. The molecule has 0 saturated carbocycles. The number of nitrogens with zero attached hydrogens (tertiary/aromatic N) is 1. The fraction of sp³-hybridized carbons (Fsp3) is 0.136. The molecule has 0 fully saturated rings. The third kappa shape index (κ3) is 4.19. The third-order valence-electron chi connectivity index (χ3n) is 4.57. The van der Waals surface area contributed by atoms with Crippen LogP contribution in [0.3, 0.4) is 0 Å². The van der Waals surface area contributed by atoms with E-state index in [9.17, 15) is 19.5 Å². The van der Waals surface area contributed by atoms with Gasteiger partial charge in [-0.05, 0) is 18.1 Å². The Kier molecular flexibility index (Phi) is 5.78. The maximum absolute atomic E-state index is 13.1. The first-order valence-electron chi connectivity index (χ1n) is 8.96. The molecular formula is C22H20N2O5. The lowest BCUT2D eigenvalue weighted by Gasteiger charge is -2.19. The minimum atomic E-state index is -1.25. The van der Waals surface area contributed by atoms with Gasteiger partial charge in [-0.15, -0.1) is 0 Å². The molecule has 0 aliphatic carbocycles. The average Bonchev–Trinajstić information content (AvgIpc) is 2.71. The first-order valence-corrected chi connectivity index (χ1v) is 8.96. The van der Waals surface area contributed by atoms with Gasteiger partial charge in [-0.25, -0.2) is 0 Å². The van der Waals surface area contributed by atoms with Gasteiger partial charge < -0.3 is 20.1 Å². The van der Waals surface area contributed by atoms with Crippen LogP contribution in [0.2, 0.25) is 0 Å². The first kappa shape index (κ1) is 19.9. The van der Waals surface area contributed by atoms with Crippen LogP contribution in [0.15, 0.2) is 65.5 Å². The Morgan fingerprint density at radius 2 is 1.59 bits per heavy atom. The zero-order chi connectivity index (χ0) is 21.0. The lowest BCUT2D eigenvalue weighted by molar-refractivity contribution is -0.135. The summed E-state index contributed by atoms with van der Waals surface area (Å²) < 4.78 is 1.41. The number of carbonyl (C=O) groups is 2. The third-order valence-corrected chi connectivity index (χ3v) is 4.57. The molecule has 1 heterocycles. The molecule has 0 atom stereocenters. The second kappa shape index (κ2) is 8.43. The minimum Gasteiger partial charge on any atom is -0.506 e. The van der Waals surface area contributed by atoms with E-state index in [1.54, 1.807) is 31.2 Å². The molecule has 7 heteroatoms. The maximum atomic E-state index is 13.1. The zero-order valence-electron chi connectivity index (χ0n) is 15.8. The number of aliphatic carboxylic acids is 1. The fourth-order valence-electron chi connectivity index (χ4n) is 3.18. The number of carboxylic acid groups (broad SMARTS) is 1. The molecule has 3 rings (SSSR count). The predicted octanol–water partition coefficient (Wildman–Crippen LogP) is 2.39.